The molecule has 28 heavy (non-hydrogen) atoms. The molecule has 1 N–H and O–H groups in total. The predicted octanol–water partition coefficient (Wildman–Crippen LogP) is 3.61. The van der Waals surface area contributed by atoms with Crippen LogP contribution in [0, 0.1) is 0 Å². The van der Waals surface area contributed by atoms with Crippen molar-refractivity contribution in [2.75, 3.05) is 19.0 Å². The standard InChI is InChI=1S/C22H24N2O4/c1-14(2)20(25)15(3)23-22(27)28-19-12-8-17(9-13-19)21(26)16-6-10-18(11-7-16)24(4)5/h6-13,15H,1H2,2-5H3,(H,23,27). The molecule has 0 aliphatic rings. The average molecular weight is 380 g/mol. The summed E-state index contributed by atoms with van der Waals surface area (Å²) in [6.07, 6.45) is -0.750. The van der Waals surface area contributed by atoms with E-state index >= 15 is 0 Å². The summed E-state index contributed by atoms with van der Waals surface area (Å²) in [6, 6.07) is 12.8. The van der Waals surface area contributed by atoms with Crippen LogP contribution < -0.4 is 15.0 Å². The van der Waals surface area contributed by atoms with E-state index in [1.807, 2.05) is 31.1 Å². The average Bonchev–Trinajstić information content (AvgIpc) is 2.67. The maximum Gasteiger partial charge on any atom is 0.413 e. The molecule has 1 amide bonds. The number of nitrogens with one attached hydrogen (secondary N) is 1. The minimum absolute atomic E-state index is 0.123. The van der Waals surface area contributed by atoms with Gasteiger partial charge in [0.1, 0.15) is 5.75 Å². The second kappa shape index (κ2) is 8.99. The molecule has 2 rings (SSSR count). The fourth-order valence-corrected chi connectivity index (χ4v) is 2.50. The number of ketones is 2. The molecule has 0 spiro atoms. The SMILES string of the molecule is C=C(C)C(=O)C(C)NC(=O)Oc1ccc(C(=O)c2ccc(N(C)C)cc2)cc1. The number of hydrogen-bond donors (Lipinski definition) is 1. The van der Waals surface area contributed by atoms with Gasteiger partial charge in [0.2, 0.25) is 0 Å². The van der Waals surface area contributed by atoms with Crippen molar-refractivity contribution in [3.8, 4) is 5.75 Å². The fourth-order valence-electron chi connectivity index (χ4n) is 2.50. The molecule has 0 saturated heterocycles. The number of ether oxygens (including phenoxy) is 1. The second-order valence-corrected chi connectivity index (χ2v) is 6.69. The molecule has 0 aliphatic carbocycles. The topological polar surface area (TPSA) is 75.7 Å². The highest BCUT2D eigenvalue weighted by Crippen LogP contribution is 2.18. The quantitative estimate of drug-likeness (QED) is 0.587. The van der Waals surface area contributed by atoms with Crippen molar-refractivity contribution in [2.24, 2.45) is 0 Å². The third-order valence-electron chi connectivity index (χ3n) is 4.12. The molecule has 1 unspecified atom stereocenters. The molecule has 0 aromatic heterocycles. The van der Waals surface area contributed by atoms with Crippen LogP contribution in [-0.4, -0.2) is 37.8 Å². The van der Waals surface area contributed by atoms with Crippen molar-refractivity contribution in [2.45, 2.75) is 19.9 Å². The van der Waals surface area contributed by atoms with Crippen LogP contribution in [0.3, 0.4) is 0 Å². The van der Waals surface area contributed by atoms with Crippen LogP contribution >= 0.6 is 0 Å². The van der Waals surface area contributed by atoms with Crippen LogP contribution in [0.5, 0.6) is 5.75 Å². The van der Waals surface area contributed by atoms with Gasteiger partial charge in [-0.2, -0.15) is 0 Å². The van der Waals surface area contributed by atoms with Crippen molar-refractivity contribution in [1.82, 2.24) is 5.32 Å². The van der Waals surface area contributed by atoms with E-state index in [1.54, 1.807) is 38.1 Å². The Balaban J connectivity index is 2.00. The lowest BCUT2D eigenvalue weighted by molar-refractivity contribution is -0.116. The highest BCUT2D eigenvalue weighted by atomic mass is 16.6. The number of benzene rings is 2. The number of carbonyl (C=O) groups excluding carboxylic acids is 3. The third-order valence-corrected chi connectivity index (χ3v) is 4.12. The first-order valence-corrected chi connectivity index (χ1v) is 8.79. The van der Waals surface area contributed by atoms with Gasteiger partial charge in [-0.3, -0.25) is 9.59 Å². The molecule has 6 nitrogen and oxygen atoms in total. The van der Waals surface area contributed by atoms with Gasteiger partial charge in [0.05, 0.1) is 6.04 Å². The van der Waals surface area contributed by atoms with E-state index in [0.29, 0.717) is 16.7 Å². The number of amides is 1. The molecule has 146 valence electrons. The van der Waals surface area contributed by atoms with E-state index in [0.717, 1.165) is 5.69 Å². The van der Waals surface area contributed by atoms with Gasteiger partial charge in [0, 0.05) is 30.9 Å². The smallest absolute Gasteiger partial charge is 0.410 e. The van der Waals surface area contributed by atoms with Gasteiger partial charge in [-0.25, -0.2) is 4.79 Å². The summed E-state index contributed by atoms with van der Waals surface area (Å²) < 4.78 is 5.15. The molecule has 0 aliphatic heterocycles. The molecule has 0 heterocycles. The molecular weight excluding hydrogens is 356 g/mol. The Morgan fingerprint density at radius 2 is 1.46 bits per heavy atom. The Bertz CT molecular complexity index is 884. The van der Waals surface area contributed by atoms with Gasteiger partial charge in [0.25, 0.3) is 0 Å². The molecule has 0 bridgehead atoms. The fraction of sp³-hybridized carbons (Fsp3) is 0.227. The maximum atomic E-state index is 12.6. The zero-order valence-electron chi connectivity index (χ0n) is 16.5. The van der Waals surface area contributed by atoms with Gasteiger partial charge in [-0.1, -0.05) is 6.58 Å². The Morgan fingerprint density at radius 1 is 0.964 bits per heavy atom. The van der Waals surface area contributed by atoms with Crippen LogP contribution in [0.4, 0.5) is 10.5 Å². The van der Waals surface area contributed by atoms with E-state index in [9.17, 15) is 14.4 Å². The number of anilines is 1. The van der Waals surface area contributed by atoms with E-state index in [-0.39, 0.29) is 17.3 Å². The highest BCUT2D eigenvalue weighted by molar-refractivity contribution is 6.09. The summed E-state index contributed by atoms with van der Waals surface area (Å²) in [6.45, 7) is 6.69. The van der Waals surface area contributed by atoms with Crippen molar-refractivity contribution in [3.05, 3.63) is 71.8 Å². The summed E-state index contributed by atoms with van der Waals surface area (Å²) >= 11 is 0. The Labute approximate surface area is 164 Å². The zero-order chi connectivity index (χ0) is 20.8. The number of rotatable bonds is 7. The van der Waals surface area contributed by atoms with Crippen LogP contribution in [0.15, 0.2) is 60.7 Å². The Kier molecular flexibility index (Phi) is 6.71. The monoisotopic (exact) mass is 380 g/mol. The van der Waals surface area contributed by atoms with Crippen LogP contribution in [0.1, 0.15) is 29.8 Å². The van der Waals surface area contributed by atoms with Crippen LogP contribution in [-0.2, 0) is 4.79 Å². The molecule has 0 fully saturated rings. The largest absolute Gasteiger partial charge is 0.413 e. The minimum atomic E-state index is -0.750. The van der Waals surface area contributed by atoms with Crippen molar-refractivity contribution >= 4 is 23.3 Å². The van der Waals surface area contributed by atoms with Gasteiger partial charge < -0.3 is 15.0 Å². The van der Waals surface area contributed by atoms with Crippen molar-refractivity contribution < 1.29 is 19.1 Å². The molecule has 0 radical (unpaired) electrons. The lowest BCUT2D eigenvalue weighted by Crippen LogP contribution is -2.40. The van der Waals surface area contributed by atoms with Gasteiger partial charge in [-0.05, 0) is 68.0 Å². The summed E-state index contributed by atoms with van der Waals surface area (Å²) in [4.78, 5) is 38.1. The number of hydrogen-bond acceptors (Lipinski definition) is 5. The molecule has 6 heteroatoms. The van der Waals surface area contributed by atoms with Crippen molar-refractivity contribution in [1.29, 1.82) is 0 Å². The summed E-state index contributed by atoms with van der Waals surface area (Å²) in [5, 5.41) is 2.44. The first kappa shape index (κ1) is 20.9. The first-order valence-electron chi connectivity index (χ1n) is 8.79. The molecule has 2 aromatic rings. The molecular formula is C22H24N2O4. The Morgan fingerprint density at radius 3 is 1.93 bits per heavy atom. The van der Waals surface area contributed by atoms with E-state index < -0.39 is 12.1 Å². The Hall–Kier alpha value is -3.41. The van der Waals surface area contributed by atoms with E-state index in [4.69, 9.17) is 4.74 Å². The normalized spacial score (nSPS) is 11.3. The summed E-state index contributed by atoms with van der Waals surface area (Å²) in [7, 11) is 3.86. The number of Topliss-reactive ketones (excluding diaryl/α,β-unsaturated/α-hetero) is 1. The second-order valence-electron chi connectivity index (χ2n) is 6.69. The summed E-state index contributed by atoms with van der Waals surface area (Å²) in [5.74, 6) is -0.118. The zero-order valence-corrected chi connectivity index (χ0v) is 16.5. The van der Waals surface area contributed by atoms with Gasteiger partial charge in [0.15, 0.2) is 11.6 Å². The first-order chi connectivity index (χ1) is 13.2. The minimum Gasteiger partial charge on any atom is -0.410 e. The number of carbonyl (C=O) groups is 3. The van der Waals surface area contributed by atoms with Gasteiger partial charge in [-0.15, -0.1) is 0 Å². The maximum absolute atomic E-state index is 12.6. The molecule has 0 saturated carbocycles. The summed E-state index contributed by atoms with van der Waals surface area (Å²) in [5.41, 5.74) is 2.42. The molecule has 2 aromatic carbocycles. The highest BCUT2D eigenvalue weighted by Gasteiger charge is 2.17. The van der Waals surface area contributed by atoms with Gasteiger partial charge >= 0.3 is 6.09 Å². The van der Waals surface area contributed by atoms with E-state index in [2.05, 4.69) is 11.9 Å². The van der Waals surface area contributed by atoms with Crippen LogP contribution in [0.25, 0.3) is 0 Å². The predicted molar refractivity (Wildman–Crippen MR) is 109 cm³/mol. The van der Waals surface area contributed by atoms with E-state index in [1.165, 1.54) is 12.1 Å². The molecule has 1 atom stereocenters. The third kappa shape index (κ3) is 5.30. The van der Waals surface area contributed by atoms with Crippen LogP contribution in [0.2, 0.25) is 0 Å². The lowest BCUT2D eigenvalue weighted by atomic mass is 10.0. The lowest BCUT2D eigenvalue weighted by Gasteiger charge is -2.13. The number of nitrogens with zero attached hydrogens (tertiary/aromatic N) is 1. The van der Waals surface area contributed by atoms with Crippen molar-refractivity contribution in [3.63, 3.8) is 0 Å².